The molecule has 2 aromatic rings. The molecule has 0 fully saturated rings. The van der Waals surface area contributed by atoms with Crippen LogP contribution in [0, 0.1) is 0 Å². The van der Waals surface area contributed by atoms with E-state index in [-0.39, 0.29) is 12.5 Å². The van der Waals surface area contributed by atoms with Crippen molar-refractivity contribution in [3.05, 3.63) is 71.8 Å². The van der Waals surface area contributed by atoms with Crippen LogP contribution in [0.5, 0.6) is 0 Å². The number of carboxylic acid groups (broad SMARTS) is 1. The average Bonchev–Trinajstić information content (AvgIpc) is 2.48. The Hall–Kier alpha value is -2.13. The Labute approximate surface area is 120 Å². The Morgan fingerprint density at radius 2 is 1.55 bits per heavy atom. The molecule has 20 heavy (non-hydrogen) atoms. The first-order chi connectivity index (χ1) is 9.59. The molecule has 0 unspecified atom stereocenters. The summed E-state index contributed by atoms with van der Waals surface area (Å²) in [7, 11) is 0. The highest BCUT2D eigenvalue weighted by molar-refractivity contribution is 5.67. The molecule has 1 atom stereocenters. The van der Waals surface area contributed by atoms with Crippen molar-refractivity contribution < 1.29 is 9.90 Å². The lowest BCUT2D eigenvalue weighted by atomic mass is 10.1. The van der Waals surface area contributed by atoms with Crippen LogP contribution in [0.2, 0.25) is 0 Å². The van der Waals surface area contributed by atoms with Crippen LogP contribution in [-0.2, 0) is 11.2 Å². The zero-order chi connectivity index (χ0) is 14.8. The maximum Gasteiger partial charge on any atom is 0.303 e. The lowest BCUT2D eigenvalue weighted by Crippen LogP contribution is -2.03. The molecule has 0 aliphatic carbocycles. The zero-order valence-electron chi connectivity index (χ0n) is 11.7. The molecule has 0 spiro atoms. The minimum atomic E-state index is -0.742. The van der Waals surface area contributed by atoms with Crippen LogP contribution in [0.1, 0.15) is 30.5 Å². The smallest absolute Gasteiger partial charge is 0.303 e. The van der Waals surface area contributed by atoms with Gasteiger partial charge >= 0.3 is 5.97 Å². The number of benzene rings is 2. The molecule has 2 rings (SSSR count). The van der Waals surface area contributed by atoms with Gasteiger partial charge in [0.2, 0.25) is 0 Å². The fourth-order valence-corrected chi connectivity index (χ4v) is 1.65. The number of aryl methyl sites for hydroxylation is 1. The second kappa shape index (κ2) is 8.88. The predicted octanol–water partition coefficient (Wildman–Crippen LogP) is 3.41. The number of aliphatic carboxylic acids is 1. The highest BCUT2D eigenvalue weighted by atomic mass is 16.4. The first kappa shape index (κ1) is 15.9. The molecule has 3 heteroatoms. The van der Waals surface area contributed by atoms with Gasteiger partial charge in [0, 0.05) is 12.5 Å². The zero-order valence-corrected chi connectivity index (χ0v) is 11.7. The third-order valence-electron chi connectivity index (χ3n) is 2.80. The first-order valence-electron chi connectivity index (χ1n) is 6.66. The quantitative estimate of drug-likeness (QED) is 0.895. The van der Waals surface area contributed by atoms with Crippen molar-refractivity contribution in [2.24, 2.45) is 5.73 Å². The topological polar surface area (TPSA) is 63.3 Å². The van der Waals surface area contributed by atoms with Crippen molar-refractivity contribution in [1.82, 2.24) is 0 Å². The van der Waals surface area contributed by atoms with Crippen molar-refractivity contribution in [3.63, 3.8) is 0 Å². The van der Waals surface area contributed by atoms with E-state index < -0.39 is 5.97 Å². The highest BCUT2D eigenvalue weighted by Gasteiger charge is 1.96. The number of carboxylic acids is 1. The third-order valence-corrected chi connectivity index (χ3v) is 2.80. The monoisotopic (exact) mass is 271 g/mol. The van der Waals surface area contributed by atoms with Crippen molar-refractivity contribution in [1.29, 1.82) is 0 Å². The van der Waals surface area contributed by atoms with E-state index in [4.69, 9.17) is 10.8 Å². The molecule has 0 aliphatic heterocycles. The van der Waals surface area contributed by atoms with E-state index >= 15 is 0 Å². The lowest BCUT2D eigenvalue weighted by molar-refractivity contribution is -0.136. The standard InChI is InChI=1S/C9H10O2.C8H11N/c10-9(11)7-6-8-4-2-1-3-5-8;1-7(9)8-5-3-2-4-6-8/h1-5H,6-7H2,(H,10,11);2-7H,9H2,1H3/t;7-/m.0/s1. The summed E-state index contributed by atoms with van der Waals surface area (Å²) in [6.07, 6.45) is 0.834. The molecule has 0 aromatic heterocycles. The molecular weight excluding hydrogens is 250 g/mol. The van der Waals surface area contributed by atoms with E-state index in [0.29, 0.717) is 6.42 Å². The van der Waals surface area contributed by atoms with Gasteiger partial charge in [0.05, 0.1) is 0 Å². The van der Waals surface area contributed by atoms with Crippen LogP contribution < -0.4 is 5.73 Å². The second-order valence-corrected chi connectivity index (χ2v) is 4.58. The SMILES string of the molecule is C[C@H](N)c1ccccc1.O=C(O)CCc1ccccc1. The summed E-state index contributed by atoms with van der Waals surface area (Å²) in [6, 6.07) is 19.8. The van der Waals surface area contributed by atoms with Crippen molar-refractivity contribution in [2.75, 3.05) is 0 Å². The molecule has 3 nitrogen and oxygen atoms in total. The van der Waals surface area contributed by atoms with Crippen LogP contribution in [0.25, 0.3) is 0 Å². The average molecular weight is 271 g/mol. The van der Waals surface area contributed by atoms with Crippen molar-refractivity contribution in [2.45, 2.75) is 25.8 Å². The maximum absolute atomic E-state index is 10.2. The van der Waals surface area contributed by atoms with E-state index in [2.05, 4.69) is 0 Å². The van der Waals surface area contributed by atoms with Gasteiger partial charge in [-0.05, 0) is 24.5 Å². The van der Waals surface area contributed by atoms with Gasteiger partial charge in [0.15, 0.2) is 0 Å². The summed E-state index contributed by atoms with van der Waals surface area (Å²) >= 11 is 0. The van der Waals surface area contributed by atoms with E-state index in [0.717, 1.165) is 5.56 Å². The van der Waals surface area contributed by atoms with E-state index in [9.17, 15) is 4.79 Å². The largest absolute Gasteiger partial charge is 0.481 e. The third kappa shape index (κ3) is 6.71. The Bertz CT molecular complexity index is 495. The van der Waals surface area contributed by atoms with Gasteiger partial charge in [0.1, 0.15) is 0 Å². The van der Waals surface area contributed by atoms with Crippen molar-refractivity contribution >= 4 is 5.97 Å². The van der Waals surface area contributed by atoms with Gasteiger partial charge < -0.3 is 10.8 Å². The molecule has 0 heterocycles. The maximum atomic E-state index is 10.2. The highest BCUT2D eigenvalue weighted by Crippen LogP contribution is 2.06. The van der Waals surface area contributed by atoms with E-state index in [1.165, 1.54) is 5.56 Å². The summed E-state index contributed by atoms with van der Waals surface area (Å²) in [5.74, 6) is -0.742. The molecule has 0 saturated carbocycles. The molecule has 0 amide bonds. The summed E-state index contributed by atoms with van der Waals surface area (Å²) in [5.41, 5.74) is 7.88. The van der Waals surface area contributed by atoms with Gasteiger partial charge in [-0.3, -0.25) is 4.79 Å². The Morgan fingerprint density at radius 3 is 1.95 bits per heavy atom. The molecule has 3 N–H and O–H groups in total. The fraction of sp³-hybridized carbons (Fsp3) is 0.235. The van der Waals surface area contributed by atoms with Crippen LogP contribution in [0.4, 0.5) is 0 Å². The first-order valence-corrected chi connectivity index (χ1v) is 6.66. The molecule has 0 aliphatic rings. The van der Waals surface area contributed by atoms with E-state index in [1.54, 1.807) is 0 Å². The number of hydrogen-bond acceptors (Lipinski definition) is 2. The minimum absolute atomic E-state index is 0.159. The fourth-order valence-electron chi connectivity index (χ4n) is 1.65. The molecule has 0 radical (unpaired) electrons. The second-order valence-electron chi connectivity index (χ2n) is 4.58. The van der Waals surface area contributed by atoms with Gasteiger partial charge in [0.25, 0.3) is 0 Å². The number of carbonyl (C=O) groups is 1. The summed E-state index contributed by atoms with van der Waals surface area (Å²) < 4.78 is 0. The van der Waals surface area contributed by atoms with Crippen LogP contribution >= 0.6 is 0 Å². The van der Waals surface area contributed by atoms with Crippen LogP contribution in [0.3, 0.4) is 0 Å². The summed E-state index contributed by atoms with van der Waals surface area (Å²) in [6.45, 7) is 1.98. The number of hydrogen-bond donors (Lipinski definition) is 2. The molecule has 2 aromatic carbocycles. The normalized spacial score (nSPS) is 11.1. The van der Waals surface area contributed by atoms with E-state index in [1.807, 2.05) is 67.6 Å². The number of rotatable bonds is 4. The molecular formula is C17H21NO2. The van der Waals surface area contributed by atoms with Gasteiger partial charge in [-0.2, -0.15) is 0 Å². The molecule has 106 valence electrons. The predicted molar refractivity (Wildman–Crippen MR) is 81.4 cm³/mol. The lowest BCUT2D eigenvalue weighted by Gasteiger charge is -2.02. The van der Waals surface area contributed by atoms with Crippen LogP contribution in [0.15, 0.2) is 60.7 Å². The summed E-state index contributed by atoms with van der Waals surface area (Å²) in [5, 5.41) is 8.37. The minimum Gasteiger partial charge on any atom is -0.481 e. The Morgan fingerprint density at radius 1 is 1.05 bits per heavy atom. The summed E-state index contributed by atoms with van der Waals surface area (Å²) in [4.78, 5) is 10.2. The van der Waals surface area contributed by atoms with Gasteiger partial charge in [-0.1, -0.05) is 60.7 Å². The molecule has 0 saturated heterocycles. The Kier molecular flexibility index (Phi) is 7.07. The number of nitrogens with two attached hydrogens (primary N) is 1. The van der Waals surface area contributed by atoms with Gasteiger partial charge in [-0.15, -0.1) is 0 Å². The van der Waals surface area contributed by atoms with Crippen LogP contribution in [-0.4, -0.2) is 11.1 Å². The van der Waals surface area contributed by atoms with Gasteiger partial charge in [-0.25, -0.2) is 0 Å². The Balaban J connectivity index is 0.000000204. The molecule has 0 bridgehead atoms. The van der Waals surface area contributed by atoms with Crippen molar-refractivity contribution in [3.8, 4) is 0 Å².